The highest BCUT2D eigenvalue weighted by Crippen LogP contribution is 2.24. The fraction of sp³-hybridized carbons (Fsp3) is 0.750. The van der Waals surface area contributed by atoms with Crippen molar-refractivity contribution in [3.63, 3.8) is 0 Å². The molecule has 124 valence electrons. The number of carbonyl (C=O) groups excluding carboxylic acids is 1. The summed E-state index contributed by atoms with van der Waals surface area (Å²) in [6, 6.07) is 0. The van der Waals surface area contributed by atoms with E-state index in [1.807, 2.05) is 36.5 Å². The number of nitrogens with zero attached hydrogens (tertiary/aromatic N) is 3. The highest BCUT2D eigenvalue weighted by atomic mass is 32.2. The van der Waals surface area contributed by atoms with Gasteiger partial charge in [-0.2, -0.15) is 5.10 Å². The molecule has 1 atom stereocenters. The van der Waals surface area contributed by atoms with Crippen LogP contribution in [-0.4, -0.2) is 48.4 Å². The predicted octanol–water partition coefficient (Wildman–Crippen LogP) is 2.32. The van der Waals surface area contributed by atoms with Gasteiger partial charge in [-0.3, -0.25) is 13.7 Å². The van der Waals surface area contributed by atoms with E-state index in [1.54, 1.807) is 0 Å². The lowest BCUT2D eigenvalue weighted by atomic mass is 10.1. The van der Waals surface area contributed by atoms with Gasteiger partial charge in [-0.15, -0.1) is 0 Å². The maximum absolute atomic E-state index is 12.8. The zero-order valence-electron chi connectivity index (χ0n) is 14.5. The largest absolute Gasteiger partial charge is 0.338 e. The first-order valence-electron chi connectivity index (χ1n) is 7.77. The molecule has 1 aromatic heterocycles. The second-order valence-electron chi connectivity index (χ2n) is 7.60. The minimum atomic E-state index is -0.890. The molecule has 0 aromatic carbocycles. The van der Waals surface area contributed by atoms with Gasteiger partial charge >= 0.3 is 0 Å². The molecule has 1 aliphatic heterocycles. The molecular formula is C16H27N3O2S. The van der Waals surface area contributed by atoms with E-state index in [0.717, 1.165) is 12.1 Å². The predicted molar refractivity (Wildman–Crippen MR) is 89.6 cm³/mol. The smallest absolute Gasteiger partial charge is 0.257 e. The Morgan fingerprint density at radius 1 is 1.32 bits per heavy atom. The summed E-state index contributed by atoms with van der Waals surface area (Å²) in [4.78, 5) is 14.6. The van der Waals surface area contributed by atoms with Crippen LogP contribution >= 0.6 is 0 Å². The Morgan fingerprint density at radius 2 is 1.95 bits per heavy atom. The standard InChI is InChI=1S/C16H27N3O2S/c1-12-13(11-19(17-12)15(2,3)4)14(20)18-8-7-16(5,6)22(21)10-9-18/h11H,7-10H2,1-6H3. The summed E-state index contributed by atoms with van der Waals surface area (Å²) in [5.74, 6) is 0.549. The monoisotopic (exact) mass is 325 g/mol. The number of amides is 1. The van der Waals surface area contributed by atoms with Crippen LogP contribution in [0.4, 0.5) is 0 Å². The van der Waals surface area contributed by atoms with Gasteiger partial charge in [0, 0.05) is 40.6 Å². The lowest BCUT2D eigenvalue weighted by Gasteiger charge is -2.22. The summed E-state index contributed by atoms with van der Waals surface area (Å²) in [5.41, 5.74) is 1.26. The van der Waals surface area contributed by atoms with Gasteiger partial charge < -0.3 is 4.90 Å². The molecule has 1 saturated heterocycles. The normalized spacial score (nSPS) is 22.5. The van der Waals surface area contributed by atoms with Crippen LogP contribution in [-0.2, 0) is 16.3 Å². The van der Waals surface area contributed by atoms with Crippen LogP contribution < -0.4 is 0 Å². The van der Waals surface area contributed by atoms with Gasteiger partial charge in [0.05, 0.1) is 16.8 Å². The molecular weight excluding hydrogens is 298 g/mol. The van der Waals surface area contributed by atoms with E-state index in [4.69, 9.17) is 0 Å². The third-order valence-electron chi connectivity index (χ3n) is 4.25. The topological polar surface area (TPSA) is 55.2 Å². The lowest BCUT2D eigenvalue weighted by molar-refractivity contribution is 0.0763. The van der Waals surface area contributed by atoms with Gasteiger partial charge in [-0.1, -0.05) is 0 Å². The third-order valence-corrected chi connectivity index (χ3v) is 6.24. The zero-order chi connectivity index (χ0) is 16.7. The number of rotatable bonds is 1. The maximum Gasteiger partial charge on any atom is 0.257 e. The van der Waals surface area contributed by atoms with Crippen molar-refractivity contribution in [3.05, 3.63) is 17.5 Å². The molecule has 0 radical (unpaired) electrons. The van der Waals surface area contributed by atoms with Crippen molar-refractivity contribution < 1.29 is 9.00 Å². The highest BCUT2D eigenvalue weighted by molar-refractivity contribution is 7.86. The van der Waals surface area contributed by atoms with Gasteiger partial charge in [0.15, 0.2) is 0 Å². The number of hydrogen-bond donors (Lipinski definition) is 0. The molecule has 2 heterocycles. The molecule has 2 rings (SSSR count). The number of aromatic nitrogens is 2. The van der Waals surface area contributed by atoms with E-state index in [0.29, 0.717) is 24.4 Å². The second-order valence-corrected chi connectivity index (χ2v) is 9.80. The summed E-state index contributed by atoms with van der Waals surface area (Å²) in [5, 5.41) is 4.47. The van der Waals surface area contributed by atoms with Crippen LogP contribution in [0.5, 0.6) is 0 Å². The summed E-state index contributed by atoms with van der Waals surface area (Å²) < 4.78 is 13.8. The first-order chi connectivity index (χ1) is 10.0. The fourth-order valence-corrected chi connectivity index (χ4v) is 3.74. The van der Waals surface area contributed by atoms with Crippen LogP contribution in [0.15, 0.2) is 6.20 Å². The van der Waals surface area contributed by atoms with E-state index in [-0.39, 0.29) is 16.2 Å². The molecule has 0 aliphatic carbocycles. The lowest BCUT2D eigenvalue weighted by Crippen LogP contribution is -2.34. The van der Waals surface area contributed by atoms with E-state index in [1.165, 1.54) is 0 Å². The van der Waals surface area contributed by atoms with Crippen molar-refractivity contribution >= 4 is 16.7 Å². The molecule has 0 N–H and O–H groups in total. The summed E-state index contributed by atoms with van der Waals surface area (Å²) in [6.07, 6.45) is 2.60. The van der Waals surface area contributed by atoms with Crippen LogP contribution in [0.3, 0.4) is 0 Å². The van der Waals surface area contributed by atoms with Gasteiger partial charge in [0.1, 0.15) is 0 Å². The molecule has 0 bridgehead atoms. The number of aryl methyl sites for hydroxylation is 1. The first kappa shape index (κ1) is 17.2. The molecule has 22 heavy (non-hydrogen) atoms. The third kappa shape index (κ3) is 3.42. The van der Waals surface area contributed by atoms with Crippen molar-refractivity contribution in [3.8, 4) is 0 Å². The van der Waals surface area contributed by atoms with Crippen LogP contribution in [0.2, 0.25) is 0 Å². The Bertz CT molecular complexity index is 599. The molecule has 1 fully saturated rings. The molecule has 1 unspecified atom stereocenters. The molecule has 1 aromatic rings. The van der Waals surface area contributed by atoms with E-state index in [9.17, 15) is 9.00 Å². The van der Waals surface area contributed by atoms with Crippen LogP contribution in [0.1, 0.15) is 57.1 Å². The molecule has 1 amide bonds. The van der Waals surface area contributed by atoms with Crippen molar-refractivity contribution in [2.45, 2.75) is 58.2 Å². The zero-order valence-corrected chi connectivity index (χ0v) is 15.3. The minimum absolute atomic E-state index is 0.00250. The van der Waals surface area contributed by atoms with Gasteiger partial charge in [0.2, 0.25) is 0 Å². The average molecular weight is 325 g/mol. The Morgan fingerprint density at radius 3 is 2.50 bits per heavy atom. The van der Waals surface area contributed by atoms with Crippen LogP contribution in [0, 0.1) is 6.92 Å². The van der Waals surface area contributed by atoms with Gasteiger partial charge in [0.25, 0.3) is 5.91 Å². The molecule has 0 saturated carbocycles. The molecule has 1 aliphatic rings. The van der Waals surface area contributed by atoms with Crippen LogP contribution in [0.25, 0.3) is 0 Å². The molecule has 5 nitrogen and oxygen atoms in total. The Balaban J connectivity index is 2.22. The summed E-state index contributed by atoms with van der Waals surface area (Å²) in [7, 11) is -0.890. The highest BCUT2D eigenvalue weighted by Gasteiger charge is 2.32. The van der Waals surface area contributed by atoms with Crippen molar-refractivity contribution in [1.29, 1.82) is 0 Å². The quantitative estimate of drug-likeness (QED) is 0.796. The van der Waals surface area contributed by atoms with Crippen molar-refractivity contribution in [1.82, 2.24) is 14.7 Å². The van der Waals surface area contributed by atoms with E-state index in [2.05, 4.69) is 25.9 Å². The summed E-state index contributed by atoms with van der Waals surface area (Å²) >= 11 is 0. The summed E-state index contributed by atoms with van der Waals surface area (Å²) in [6.45, 7) is 13.3. The number of hydrogen-bond acceptors (Lipinski definition) is 3. The molecule has 6 heteroatoms. The van der Waals surface area contributed by atoms with E-state index < -0.39 is 10.8 Å². The Kier molecular flexibility index (Phi) is 4.53. The van der Waals surface area contributed by atoms with Crippen molar-refractivity contribution in [2.24, 2.45) is 0 Å². The first-order valence-corrected chi connectivity index (χ1v) is 9.09. The fourth-order valence-electron chi connectivity index (χ4n) is 2.49. The SMILES string of the molecule is Cc1nn(C(C)(C)C)cc1C(=O)N1CCS(=O)C(C)(C)CC1. The van der Waals surface area contributed by atoms with Gasteiger partial charge in [-0.05, 0) is 48.0 Å². The van der Waals surface area contributed by atoms with Crippen molar-refractivity contribution in [2.75, 3.05) is 18.8 Å². The molecule has 0 spiro atoms. The van der Waals surface area contributed by atoms with E-state index >= 15 is 0 Å². The van der Waals surface area contributed by atoms with Gasteiger partial charge in [-0.25, -0.2) is 0 Å². The number of carbonyl (C=O) groups is 1. The maximum atomic E-state index is 12.8. The Hall–Kier alpha value is -1.17. The second kappa shape index (κ2) is 5.80. The minimum Gasteiger partial charge on any atom is -0.338 e. The average Bonchev–Trinajstić information content (AvgIpc) is 2.73. The Labute approximate surface area is 135 Å².